The van der Waals surface area contributed by atoms with Crippen molar-refractivity contribution in [3.63, 3.8) is 0 Å². The van der Waals surface area contributed by atoms with Gasteiger partial charge in [0.1, 0.15) is 0 Å². The molecule has 0 amide bonds. The minimum atomic E-state index is 0.746. The SMILES string of the molecule is CCC(CC)C(NC)C1CCCCS1. The van der Waals surface area contributed by atoms with Crippen LogP contribution in [-0.4, -0.2) is 24.1 Å². The van der Waals surface area contributed by atoms with Gasteiger partial charge in [-0.25, -0.2) is 0 Å². The molecule has 0 aromatic heterocycles. The Hall–Kier alpha value is 0.310. The summed E-state index contributed by atoms with van der Waals surface area (Å²) < 4.78 is 0. The summed E-state index contributed by atoms with van der Waals surface area (Å²) in [4.78, 5) is 0. The Labute approximate surface area is 93.4 Å². The van der Waals surface area contributed by atoms with Crippen molar-refractivity contribution < 1.29 is 0 Å². The third kappa shape index (κ3) is 3.16. The van der Waals surface area contributed by atoms with Crippen molar-refractivity contribution in [3.8, 4) is 0 Å². The van der Waals surface area contributed by atoms with Crippen LogP contribution in [0.15, 0.2) is 0 Å². The third-order valence-corrected chi connectivity index (χ3v) is 4.99. The summed E-state index contributed by atoms with van der Waals surface area (Å²) in [6.45, 7) is 4.65. The van der Waals surface area contributed by atoms with Crippen molar-refractivity contribution in [3.05, 3.63) is 0 Å². The molecule has 0 aromatic rings. The highest BCUT2D eigenvalue weighted by Gasteiger charge is 2.27. The van der Waals surface area contributed by atoms with E-state index in [9.17, 15) is 0 Å². The van der Waals surface area contributed by atoms with Gasteiger partial charge in [-0.3, -0.25) is 0 Å². The first kappa shape index (κ1) is 12.4. The first-order valence-electron chi connectivity index (χ1n) is 6.12. The van der Waals surface area contributed by atoms with E-state index < -0.39 is 0 Å². The summed E-state index contributed by atoms with van der Waals surface area (Å²) in [5.74, 6) is 2.25. The molecule has 1 heterocycles. The van der Waals surface area contributed by atoms with Crippen molar-refractivity contribution in [1.29, 1.82) is 0 Å². The van der Waals surface area contributed by atoms with Crippen molar-refractivity contribution >= 4 is 11.8 Å². The van der Waals surface area contributed by atoms with E-state index in [1.165, 1.54) is 37.9 Å². The average molecular weight is 215 g/mol. The van der Waals surface area contributed by atoms with Crippen LogP contribution in [0.3, 0.4) is 0 Å². The molecule has 1 aliphatic rings. The number of hydrogen-bond acceptors (Lipinski definition) is 2. The summed E-state index contributed by atoms with van der Waals surface area (Å²) in [7, 11) is 2.14. The number of rotatable bonds is 5. The summed E-state index contributed by atoms with van der Waals surface area (Å²) in [6.07, 6.45) is 6.93. The quantitative estimate of drug-likeness (QED) is 0.755. The van der Waals surface area contributed by atoms with Crippen molar-refractivity contribution in [1.82, 2.24) is 5.32 Å². The van der Waals surface area contributed by atoms with E-state index in [-0.39, 0.29) is 0 Å². The second kappa shape index (κ2) is 6.73. The molecule has 0 aromatic carbocycles. The number of nitrogens with one attached hydrogen (secondary N) is 1. The first-order valence-corrected chi connectivity index (χ1v) is 7.17. The maximum absolute atomic E-state index is 3.55. The lowest BCUT2D eigenvalue weighted by atomic mass is 9.90. The largest absolute Gasteiger partial charge is 0.316 e. The summed E-state index contributed by atoms with van der Waals surface area (Å²) in [5, 5.41) is 4.43. The highest BCUT2D eigenvalue weighted by atomic mass is 32.2. The highest BCUT2D eigenvalue weighted by Crippen LogP contribution is 2.32. The zero-order valence-corrected chi connectivity index (χ0v) is 10.7. The Morgan fingerprint density at radius 3 is 2.43 bits per heavy atom. The van der Waals surface area contributed by atoms with Crippen LogP contribution < -0.4 is 5.32 Å². The van der Waals surface area contributed by atoms with E-state index in [2.05, 4.69) is 38.0 Å². The van der Waals surface area contributed by atoms with Gasteiger partial charge in [0.25, 0.3) is 0 Å². The van der Waals surface area contributed by atoms with Gasteiger partial charge in [0.2, 0.25) is 0 Å². The van der Waals surface area contributed by atoms with Gasteiger partial charge < -0.3 is 5.32 Å². The van der Waals surface area contributed by atoms with Crippen LogP contribution in [0.2, 0.25) is 0 Å². The fourth-order valence-corrected chi connectivity index (χ4v) is 4.14. The highest BCUT2D eigenvalue weighted by molar-refractivity contribution is 8.00. The predicted molar refractivity (Wildman–Crippen MR) is 67.0 cm³/mol. The second-order valence-corrected chi connectivity index (χ2v) is 5.64. The molecule has 84 valence electrons. The van der Waals surface area contributed by atoms with Crippen molar-refractivity contribution in [2.24, 2.45) is 5.92 Å². The predicted octanol–water partition coefficient (Wildman–Crippen LogP) is 3.30. The van der Waals surface area contributed by atoms with Gasteiger partial charge in [0.05, 0.1) is 0 Å². The molecule has 1 aliphatic heterocycles. The summed E-state index contributed by atoms with van der Waals surface area (Å²) in [5.41, 5.74) is 0. The molecule has 2 heteroatoms. The standard InChI is InChI=1S/C12H25NS/c1-4-10(5-2)12(13-3)11-8-6-7-9-14-11/h10-13H,4-9H2,1-3H3. The van der Waals surface area contributed by atoms with Crippen LogP contribution in [0.5, 0.6) is 0 Å². The van der Waals surface area contributed by atoms with Crippen LogP contribution in [-0.2, 0) is 0 Å². The minimum Gasteiger partial charge on any atom is -0.316 e. The molecule has 1 nitrogen and oxygen atoms in total. The lowest BCUT2D eigenvalue weighted by Crippen LogP contribution is -2.42. The van der Waals surface area contributed by atoms with Crippen LogP contribution in [0.25, 0.3) is 0 Å². The molecule has 0 spiro atoms. The molecule has 0 saturated carbocycles. The van der Waals surface area contributed by atoms with Crippen molar-refractivity contribution in [2.75, 3.05) is 12.8 Å². The second-order valence-electron chi connectivity index (χ2n) is 4.30. The Kier molecular flexibility index (Phi) is 5.95. The van der Waals surface area contributed by atoms with Crippen LogP contribution in [0, 0.1) is 5.92 Å². The average Bonchev–Trinajstić information content (AvgIpc) is 2.27. The van der Waals surface area contributed by atoms with Crippen LogP contribution in [0.4, 0.5) is 0 Å². The number of thioether (sulfide) groups is 1. The Bertz CT molecular complexity index is 139. The van der Waals surface area contributed by atoms with Gasteiger partial charge in [0, 0.05) is 11.3 Å². The van der Waals surface area contributed by atoms with Gasteiger partial charge >= 0.3 is 0 Å². The topological polar surface area (TPSA) is 12.0 Å². The molecule has 1 N–H and O–H groups in total. The molecular formula is C12H25NS. The van der Waals surface area contributed by atoms with Crippen molar-refractivity contribution in [2.45, 2.75) is 57.2 Å². The minimum absolute atomic E-state index is 0.746. The van der Waals surface area contributed by atoms with Crippen LogP contribution in [0.1, 0.15) is 46.0 Å². The summed E-state index contributed by atoms with van der Waals surface area (Å²) in [6, 6.07) is 0.746. The Morgan fingerprint density at radius 2 is 2.00 bits per heavy atom. The van der Waals surface area contributed by atoms with Gasteiger partial charge in [-0.15, -0.1) is 0 Å². The van der Waals surface area contributed by atoms with E-state index in [1.54, 1.807) is 0 Å². The Morgan fingerprint density at radius 1 is 1.29 bits per heavy atom. The molecule has 2 atom stereocenters. The lowest BCUT2D eigenvalue weighted by molar-refractivity contribution is 0.331. The van der Waals surface area contributed by atoms with Gasteiger partial charge in [-0.1, -0.05) is 33.1 Å². The molecule has 0 bridgehead atoms. The zero-order chi connectivity index (χ0) is 10.4. The molecular weight excluding hydrogens is 190 g/mol. The monoisotopic (exact) mass is 215 g/mol. The molecule has 2 unspecified atom stereocenters. The lowest BCUT2D eigenvalue weighted by Gasteiger charge is -2.34. The van der Waals surface area contributed by atoms with Gasteiger partial charge in [-0.2, -0.15) is 11.8 Å². The maximum atomic E-state index is 3.55. The molecule has 0 aliphatic carbocycles. The van der Waals surface area contributed by atoms with E-state index in [0.717, 1.165) is 17.2 Å². The van der Waals surface area contributed by atoms with E-state index in [0.29, 0.717) is 0 Å². The van der Waals surface area contributed by atoms with E-state index in [4.69, 9.17) is 0 Å². The first-order chi connectivity index (χ1) is 6.83. The molecule has 0 radical (unpaired) electrons. The number of hydrogen-bond donors (Lipinski definition) is 1. The van der Waals surface area contributed by atoms with E-state index >= 15 is 0 Å². The Balaban J connectivity index is 2.49. The molecule has 1 saturated heterocycles. The summed E-state index contributed by atoms with van der Waals surface area (Å²) >= 11 is 2.19. The molecule has 1 rings (SSSR count). The maximum Gasteiger partial charge on any atom is 0.0211 e. The normalized spacial score (nSPS) is 25.3. The van der Waals surface area contributed by atoms with E-state index in [1.807, 2.05) is 0 Å². The smallest absolute Gasteiger partial charge is 0.0211 e. The third-order valence-electron chi connectivity index (χ3n) is 3.51. The fraction of sp³-hybridized carbons (Fsp3) is 1.00. The van der Waals surface area contributed by atoms with Crippen LogP contribution >= 0.6 is 11.8 Å². The molecule has 14 heavy (non-hydrogen) atoms. The zero-order valence-electron chi connectivity index (χ0n) is 9.88. The van der Waals surface area contributed by atoms with Gasteiger partial charge in [-0.05, 0) is 31.6 Å². The fourth-order valence-electron chi connectivity index (χ4n) is 2.57. The molecule has 1 fully saturated rings. The van der Waals surface area contributed by atoms with Gasteiger partial charge in [0.15, 0.2) is 0 Å².